The number of carbonyl (C=O) groups excluding carboxylic acids is 1. The molecule has 5 heteroatoms. The van der Waals surface area contributed by atoms with Crippen LogP contribution >= 0.6 is 0 Å². The summed E-state index contributed by atoms with van der Waals surface area (Å²) in [6.45, 7) is 2.45. The smallest absolute Gasteiger partial charge is 0.221 e. The van der Waals surface area contributed by atoms with Crippen LogP contribution in [0.5, 0.6) is 5.75 Å². The van der Waals surface area contributed by atoms with Crippen LogP contribution in [0.4, 0.5) is 0 Å². The summed E-state index contributed by atoms with van der Waals surface area (Å²) in [6.07, 6.45) is 2.18. The molecule has 0 radical (unpaired) electrons. The maximum Gasteiger partial charge on any atom is 0.221 e. The number of carbonyl (C=O) groups is 1. The van der Waals surface area contributed by atoms with Crippen molar-refractivity contribution >= 4 is 5.91 Å². The highest BCUT2D eigenvalue weighted by atomic mass is 16.5. The number of amides is 1. The van der Waals surface area contributed by atoms with E-state index < -0.39 is 0 Å². The van der Waals surface area contributed by atoms with E-state index >= 15 is 0 Å². The average Bonchev–Trinajstić information content (AvgIpc) is 2.54. The molecule has 1 fully saturated rings. The van der Waals surface area contributed by atoms with Crippen LogP contribution in [0.1, 0.15) is 24.8 Å². The molecule has 1 aromatic carbocycles. The van der Waals surface area contributed by atoms with Gasteiger partial charge in [-0.15, -0.1) is 0 Å². The summed E-state index contributed by atoms with van der Waals surface area (Å²) in [5.41, 5.74) is 6.58. The molecule has 116 valence electrons. The number of nitrogens with two attached hydrogens (primary N) is 1. The zero-order valence-electron chi connectivity index (χ0n) is 12.6. The van der Waals surface area contributed by atoms with Gasteiger partial charge < -0.3 is 20.5 Å². The van der Waals surface area contributed by atoms with E-state index in [4.69, 9.17) is 15.2 Å². The maximum absolute atomic E-state index is 11.7. The molecule has 1 aliphatic rings. The first-order valence-electron chi connectivity index (χ1n) is 7.39. The summed E-state index contributed by atoms with van der Waals surface area (Å²) in [4.78, 5) is 11.7. The van der Waals surface area contributed by atoms with Gasteiger partial charge in [0.25, 0.3) is 0 Å². The maximum atomic E-state index is 11.7. The highest BCUT2D eigenvalue weighted by Crippen LogP contribution is 2.35. The topological polar surface area (TPSA) is 73.6 Å². The number of nitrogens with one attached hydrogen (secondary N) is 1. The van der Waals surface area contributed by atoms with Crippen molar-refractivity contribution in [3.8, 4) is 5.75 Å². The van der Waals surface area contributed by atoms with Crippen LogP contribution in [0.3, 0.4) is 0 Å². The molecule has 0 bridgehead atoms. The Balaban J connectivity index is 2.13. The Kier molecular flexibility index (Phi) is 5.59. The lowest BCUT2D eigenvalue weighted by atomic mass is 9.74. The lowest BCUT2D eigenvalue weighted by molar-refractivity contribution is -0.121. The van der Waals surface area contributed by atoms with Crippen molar-refractivity contribution in [2.75, 3.05) is 33.4 Å². The molecule has 1 aliphatic heterocycles. The quantitative estimate of drug-likeness (QED) is 0.826. The lowest BCUT2D eigenvalue weighted by Gasteiger charge is -2.38. The third kappa shape index (κ3) is 3.95. The van der Waals surface area contributed by atoms with Crippen LogP contribution < -0.4 is 15.8 Å². The predicted octanol–water partition coefficient (Wildman–Crippen LogP) is 1.21. The van der Waals surface area contributed by atoms with Crippen molar-refractivity contribution in [1.29, 1.82) is 0 Å². The normalized spacial score (nSPS) is 17.2. The molecule has 0 unspecified atom stereocenters. The second kappa shape index (κ2) is 7.43. The first-order valence-corrected chi connectivity index (χ1v) is 7.39. The van der Waals surface area contributed by atoms with Crippen molar-refractivity contribution in [2.45, 2.75) is 24.7 Å². The van der Waals surface area contributed by atoms with Gasteiger partial charge in [-0.3, -0.25) is 4.79 Å². The van der Waals surface area contributed by atoms with Crippen LogP contribution in [0.25, 0.3) is 0 Å². The molecule has 1 aromatic rings. The fourth-order valence-electron chi connectivity index (χ4n) is 2.76. The van der Waals surface area contributed by atoms with E-state index in [-0.39, 0.29) is 11.3 Å². The van der Waals surface area contributed by atoms with Crippen LogP contribution in [-0.2, 0) is 14.9 Å². The summed E-state index contributed by atoms with van der Waals surface area (Å²) in [6, 6.07) is 8.10. The number of rotatable bonds is 6. The molecule has 3 N–H and O–H groups in total. The largest absolute Gasteiger partial charge is 0.497 e. The number of benzene rings is 1. The monoisotopic (exact) mass is 292 g/mol. The summed E-state index contributed by atoms with van der Waals surface area (Å²) < 4.78 is 10.7. The van der Waals surface area contributed by atoms with Gasteiger partial charge in [-0.2, -0.15) is 0 Å². The molecule has 1 heterocycles. The van der Waals surface area contributed by atoms with E-state index in [9.17, 15) is 4.79 Å². The minimum absolute atomic E-state index is 0.0110. The fourth-order valence-corrected chi connectivity index (χ4v) is 2.76. The van der Waals surface area contributed by atoms with E-state index in [1.165, 1.54) is 5.56 Å². The Morgan fingerprint density at radius 3 is 2.57 bits per heavy atom. The molecule has 0 aromatic heterocycles. The Morgan fingerprint density at radius 2 is 2.00 bits per heavy atom. The second-order valence-corrected chi connectivity index (χ2v) is 5.44. The lowest BCUT2D eigenvalue weighted by Crippen LogP contribution is -2.44. The molecule has 1 amide bonds. The Bertz CT molecular complexity index is 453. The molecule has 21 heavy (non-hydrogen) atoms. The minimum atomic E-state index is -0.0607. The zero-order chi connectivity index (χ0) is 15.1. The van der Waals surface area contributed by atoms with Gasteiger partial charge >= 0.3 is 0 Å². The highest BCUT2D eigenvalue weighted by Gasteiger charge is 2.34. The predicted molar refractivity (Wildman–Crippen MR) is 81.4 cm³/mol. The highest BCUT2D eigenvalue weighted by molar-refractivity contribution is 5.76. The van der Waals surface area contributed by atoms with Gasteiger partial charge in [-0.05, 0) is 30.5 Å². The van der Waals surface area contributed by atoms with Crippen LogP contribution in [0, 0.1) is 0 Å². The van der Waals surface area contributed by atoms with Gasteiger partial charge in [0.2, 0.25) is 5.91 Å². The molecular formula is C16H24N2O3. The zero-order valence-corrected chi connectivity index (χ0v) is 12.6. The van der Waals surface area contributed by atoms with Crippen molar-refractivity contribution in [1.82, 2.24) is 5.32 Å². The molecule has 1 saturated heterocycles. The molecule has 0 aliphatic carbocycles. The molecule has 5 nitrogen and oxygen atoms in total. The van der Waals surface area contributed by atoms with Gasteiger partial charge in [0, 0.05) is 38.1 Å². The van der Waals surface area contributed by atoms with Crippen LogP contribution in [0.15, 0.2) is 24.3 Å². The van der Waals surface area contributed by atoms with Crippen molar-refractivity contribution in [3.63, 3.8) is 0 Å². The summed E-state index contributed by atoms with van der Waals surface area (Å²) in [7, 11) is 1.66. The second-order valence-electron chi connectivity index (χ2n) is 5.44. The van der Waals surface area contributed by atoms with E-state index in [0.29, 0.717) is 19.5 Å². The van der Waals surface area contributed by atoms with Gasteiger partial charge in [-0.25, -0.2) is 0 Å². The van der Waals surface area contributed by atoms with Gasteiger partial charge in [0.05, 0.1) is 7.11 Å². The van der Waals surface area contributed by atoms with Crippen LogP contribution in [-0.4, -0.2) is 39.3 Å². The molecule has 0 atom stereocenters. The van der Waals surface area contributed by atoms with Crippen molar-refractivity contribution in [2.24, 2.45) is 5.73 Å². The first kappa shape index (κ1) is 15.8. The first-order chi connectivity index (χ1) is 10.2. The Hall–Kier alpha value is -1.59. The summed E-state index contributed by atoms with van der Waals surface area (Å²) >= 11 is 0. The van der Waals surface area contributed by atoms with Crippen LogP contribution in [0.2, 0.25) is 0 Å². The summed E-state index contributed by atoms with van der Waals surface area (Å²) in [5.74, 6) is 0.852. The number of methoxy groups -OCH3 is 1. The Labute approximate surface area is 125 Å². The third-order valence-corrected chi connectivity index (χ3v) is 4.15. The minimum Gasteiger partial charge on any atom is -0.497 e. The standard InChI is InChI=1S/C16H24N2O3/c1-20-14-4-2-13(3-5-14)16(7-10-21-11-8-16)12-18-15(19)6-9-17/h2-5H,6-12,17H2,1H3,(H,18,19). The van der Waals surface area contributed by atoms with E-state index in [1.54, 1.807) is 7.11 Å². The van der Waals surface area contributed by atoms with E-state index in [0.717, 1.165) is 31.8 Å². The van der Waals surface area contributed by atoms with Crippen molar-refractivity contribution < 1.29 is 14.3 Å². The average molecular weight is 292 g/mol. The van der Waals surface area contributed by atoms with Gasteiger partial charge in [-0.1, -0.05) is 12.1 Å². The molecule has 2 rings (SSSR count). The number of hydrogen-bond donors (Lipinski definition) is 2. The SMILES string of the molecule is COc1ccc(C2(CNC(=O)CCN)CCOCC2)cc1. The molecular weight excluding hydrogens is 268 g/mol. The van der Waals surface area contributed by atoms with Crippen molar-refractivity contribution in [3.05, 3.63) is 29.8 Å². The third-order valence-electron chi connectivity index (χ3n) is 4.15. The summed E-state index contributed by atoms with van der Waals surface area (Å²) in [5, 5.41) is 3.02. The number of ether oxygens (including phenoxy) is 2. The molecule has 0 spiro atoms. The van der Waals surface area contributed by atoms with E-state index in [1.807, 2.05) is 12.1 Å². The van der Waals surface area contributed by atoms with E-state index in [2.05, 4.69) is 17.4 Å². The molecule has 0 saturated carbocycles. The van der Waals surface area contributed by atoms with Gasteiger partial charge in [0.1, 0.15) is 5.75 Å². The fraction of sp³-hybridized carbons (Fsp3) is 0.562. The van der Waals surface area contributed by atoms with Gasteiger partial charge in [0.15, 0.2) is 0 Å². The number of hydrogen-bond acceptors (Lipinski definition) is 4. The Morgan fingerprint density at radius 1 is 1.33 bits per heavy atom.